The van der Waals surface area contributed by atoms with Crippen LogP contribution in [0.1, 0.15) is 32.6 Å². The van der Waals surface area contributed by atoms with Crippen molar-refractivity contribution in [3.05, 3.63) is 0 Å². The van der Waals surface area contributed by atoms with Crippen LogP contribution in [-0.4, -0.2) is 22.9 Å². The highest BCUT2D eigenvalue weighted by Gasteiger charge is 2.30. The van der Waals surface area contributed by atoms with E-state index in [4.69, 9.17) is 10.8 Å². The SMILES string of the molecule is CC(=O)C(N)C1CCC(C(=O)O)CC1. The first-order valence-corrected chi connectivity index (χ1v) is 5.01. The van der Waals surface area contributed by atoms with E-state index < -0.39 is 12.0 Å². The number of rotatable bonds is 3. The van der Waals surface area contributed by atoms with Gasteiger partial charge in [-0.15, -0.1) is 0 Å². The van der Waals surface area contributed by atoms with Gasteiger partial charge in [0.1, 0.15) is 5.78 Å². The van der Waals surface area contributed by atoms with Crippen molar-refractivity contribution in [3.63, 3.8) is 0 Å². The highest BCUT2D eigenvalue weighted by molar-refractivity contribution is 5.81. The smallest absolute Gasteiger partial charge is 0.306 e. The molecule has 3 N–H and O–H groups in total. The number of hydrogen-bond donors (Lipinski definition) is 2. The van der Waals surface area contributed by atoms with Crippen molar-refractivity contribution in [2.75, 3.05) is 0 Å². The molecular formula is C10H17NO3. The fourth-order valence-electron chi connectivity index (χ4n) is 2.06. The molecule has 14 heavy (non-hydrogen) atoms. The fourth-order valence-corrected chi connectivity index (χ4v) is 2.06. The van der Waals surface area contributed by atoms with Gasteiger partial charge >= 0.3 is 5.97 Å². The van der Waals surface area contributed by atoms with E-state index in [0.717, 1.165) is 12.8 Å². The molecule has 0 spiro atoms. The minimum Gasteiger partial charge on any atom is -0.481 e. The van der Waals surface area contributed by atoms with Crippen LogP contribution in [0, 0.1) is 11.8 Å². The second-order valence-electron chi connectivity index (χ2n) is 4.09. The van der Waals surface area contributed by atoms with Crippen molar-refractivity contribution < 1.29 is 14.7 Å². The Hall–Kier alpha value is -0.900. The molecule has 1 unspecified atom stereocenters. The van der Waals surface area contributed by atoms with E-state index >= 15 is 0 Å². The predicted molar refractivity (Wildman–Crippen MR) is 51.7 cm³/mol. The molecule has 1 aliphatic carbocycles. The highest BCUT2D eigenvalue weighted by Crippen LogP contribution is 2.30. The number of carboxylic acids is 1. The van der Waals surface area contributed by atoms with Crippen molar-refractivity contribution in [1.82, 2.24) is 0 Å². The summed E-state index contributed by atoms with van der Waals surface area (Å²) in [5.74, 6) is -0.767. The van der Waals surface area contributed by atoms with Gasteiger partial charge in [0.2, 0.25) is 0 Å². The van der Waals surface area contributed by atoms with E-state index in [1.165, 1.54) is 6.92 Å². The minimum atomic E-state index is -0.722. The molecule has 4 nitrogen and oxygen atoms in total. The average molecular weight is 199 g/mol. The third-order valence-corrected chi connectivity index (χ3v) is 3.10. The Morgan fingerprint density at radius 3 is 2.14 bits per heavy atom. The molecule has 0 radical (unpaired) electrons. The summed E-state index contributed by atoms with van der Waals surface area (Å²) in [6.45, 7) is 1.49. The lowest BCUT2D eigenvalue weighted by Gasteiger charge is -2.29. The Labute approximate surface area is 83.5 Å². The maximum atomic E-state index is 11.0. The molecule has 1 atom stereocenters. The van der Waals surface area contributed by atoms with E-state index in [9.17, 15) is 9.59 Å². The molecule has 0 aromatic carbocycles. The number of carbonyl (C=O) groups is 2. The van der Waals surface area contributed by atoms with Gasteiger partial charge in [-0.1, -0.05) is 0 Å². The second-order valence-corrected chi connectivity index (χ2v) is 4.09. The van der Waals surface area contributed by atoms with Crippen molar-refractivity contribution in [1.29, 1.82) is 0 Å². The molecule has 4 heteroatoms. The molecule has 0 aromatic rings. The summed E-state index contributed by atoms with van der Waals surface area (Å²) >= 11 is 0. The number of carboxylic acid groups (broad SMARTS) is 1. The van der Waals surface area contributed by atoms with Crippen molar-refractivity contribution in [3.8, 4) is 0 Å². The van der Waals surface area contributed by atoms with Crippen LogP contribution < -0.4 is 5.73 Å². The standard InChI is InChI=1S/C10H17NO3/c1-6(12)9(11)7-2-4-8(5-3-7)10(13)14/h7-9H,2-5,11H2,1H3,(H,13,14). The Morgan fingerprint density at radius 2 is 1.79 bits per heavy atom. The largest absolute Gasteiger partial charge is 0.481 e. The normalized spacial score (nSPS) is 29.6. The fraction of sp³-hybridized carbons (Fsp3) is 0.800. The third kappa shape index (κ3) is 2.54. The molecule has 0 aromatic heterocycles. The van der Waals surface area contributed by atoms with E-state index in [2.05, 4.69) is 0 Å². The Bertz CT molecular complexity index is 232. The molecule has 0 heterocycles. The summed E-state index contributed by atoms with van der Waals surface area (Å²) < 4.78 is 0. The Morgan fingerprint density at radius 1 is 1.29 bits per heavy atom. The third-order valence-electron chi connectivity index (χ3n) is 3.10. The van der Waals surface area contributed by atoms with Crippen LogP contribution in [0.15, 0.2) is 0 Å². The number of nitrogens with two attached hydrogens (primary N) is 1. The number of ketones is 1. The van der Waals surface area contributed by atoms with E-state index in [-0.39, 0.29) is 17.6 Å². The van der Waals surface area contributed by atoms with Gasteiger partial charge in [0, 0.05) is 0 Å². The van der Waals surface area contributed by atoms with Gasteiger partial charge < -0.3 is 10.8 Å². The van der Waals surface area contributed by atoms with E-state index in [0.29, 0.717) is 12.8 Å². The zero-order valence-corrected chi connectivity index (χ0v) is 8.40. The summed E-state index contributed by atoms with van der Waals surface area (Å²) in [5.41, 5.74) is 5.72. The summed E-state index contributed by atoms with van der Waals surface area (Å²) in [5, 5.41) is 8.77. The summed E-state index contributed by atoms with van der Waals surface area (Å²) in [4.78, 5) is 21.7. The van der Waals surface area contributed by atoms with Gasteiger partial charge in [-0.05, 0) is 38.5 Å². The molecule has 80 valence electrons. The average Bonchev–Trinajstić information content (AvgIpc) is 2.16. The van der Waals surface area contributed by atoms with Crippen LogP contribution in [0.4, 0.5) is 0 Å². The Kier molecular flexibility index (Phi) is 3.63. The molecule has 0 bridgehead atoms. The van der Waals surface area contributed by atoms with Crippen LogP contribution >= 0.6 is 0 Å². The van der Waals surface area contributed by atoms with Crippen LogP contribution in [-0.2, 0) is 9.59 Å². The molecule has 0 amide bonds. The summed E-state index contributed by atoms with van der Waals surface area (Å²) in [7, 11) is 0. The minimum absolute atomic E-state index is 0.00350. The molecule has 1 rings (SSSR count). The van der Waals surface area contributed by atoms with Gasteiger partial charge in [0.15, 0.2) is 0 Å². The summed E-state index contributed by atoms with van der Waals surface area (Å²) in [6, 6.07) is -0.398. The lowest BCUT2D eigenvalue weighted by atomic mass is 9.78. The molecule has 0 aliphatic heterocycles. The van der Waals surface area contributed by atoms with Gasteiger partial charge in [-0.2, -0.15) is 0 Å². The van der Waals surface area contributed by atoms with Gasteiger partial charge in [-0.3, -0.25) is 9.59 Å². The maximum absolute atomic E-state index is 11.0. The molecule has 0 saturated heterocycles. The monoisotopic (exact) mass is 199 g/mol. The quantitative estimate of drug-likeness (QED) is 0.704. The maximum Gasteiger partial charge on any atom is 0.306 e. The zero-order valence-electron chi connectivity index (χ0n) is 8.40. The van der Waals surface area contributed by atoms with E-state index in [1.807, 2.05) is 0 Å². The first-order valence-electron chi connectivity index (χ1n) is 5.01. The predicted octanol–water partition coefficient (Wildman–Crippen LogP) is 0.794. The van der Waals surface area contributed by atoms with Crippen molar-refractivity contribution in [2.45, 2.75) is 38.6 Å². The summed E-state index contributed by atoms with van der Waals surface area (Å²) in [6.07, 6.45) is 2.83. The lowest BCUT2D eigenvalue weighted by Crippen LogP contribution is -2.39. The van der Waals surface area contributed by atoms with Gasteiger partial charge in [-0.25, -0.2) is 0 Å². The molecule has 1 aliphatic rings. The second kappa shape index (κ2) is 4.55. The van der Waals surface area contributed by atoms with E-state index in [1.54, 1.807) is 0 Å². The number of aliphatic carboxylic acids is 1. The lowest BCUT2D eigenvalue weighted by molar-refractivity contribution is -0.143. The van der Waals surface area contributed by atoms with Gasteiger partial charge in [0.05, 0.1) is 12.0 Å². The van der Waals surface area contributed by atoms with Crippen molar-refractivity contribution in [2.24, 2.45) is 17.6 Å². The van der Waals surface area contributed by atoms with Crippen molar-refractivity contribution >= 4 is 11.8 Å². The number of Topliss-reactive ketones (excluding diaryl/α,β-unsaturated/α-hetero) is 1. The number of hydrogen-bond acceptors (Lipinski definition) is 3. The molecular weight excluding hydrogens is 182 g/mol. The van der Waals surface area contributed by atoms with Crippen LogP contribution in [0.2, 0.25) is 0 Å². The first kappa shape index (κ1) is 11.2. The Balaban J connectivity index is 2.43. The molecule has 1 saturated carbocycles. The van der Waals surface area contributed by atoms with Crippen LogP contribution in [0.5, 0.6) is 0 Å². The van der Waals surface area contributed by atoms with Gasteiger partial charge in [0.25, 0.3) is 0 Å². The number of carbonyl (C=O) groups excluding carboxylic acids is 1. The van der Waals surface area contributed by atoms with Crippen LogP contribution in [0.25, 0.3) is 0 Å². The zero-order chi connectivity index (χ0) is 10.7. The highest BCUT2D eigenvalue weighted by atomic mass is 16.4. The first-order chi connectivity index (χ1) is 6.52. The topological polar surface area (TPSA) is 80.4 Å². The van der Waals surface area contributed by atoms with Crippen LogP contribution in [0.3, 0.4) is 0 Å². The molecule has 1 fully saturated rings.